The van der Waals surface area contributed by atoms with Crippen LogP contribution in [0.1, 0.15) is 36.4 Å². The van der Waals surface area contributed by atoms with Crippen molar-refractivity contribution in [2.75, 3.05) is 11.4 Å². The number of anilines is 1. The Bertz CT molecular complexity index is 1760. The zero-order valence-corrected chi connectivity index (χ0v) is 23.2. The molecule has 0 N–H and O–H groups in total. The molecule has 1 aliphatic carbocycles. The second kappa shape index (κ2) is 10.9. The van der Waals surface area contributed by atoms with Gasteiger partial charge in [0.1, 0.15) is 24.0 Å². The van der Waals surface area contributed by atoms with Crippen LogP contribution in [-0.2, 0) is 14.4 Å². The van der Waals surface area contributed by atoms with Crippen molar-refractivity contribution in [1.29, 1.82) is 0 Å². The van der Waals surface area contributed by atoms with Crippen LogP contribution >= 0.6 is 0 Å². The van der Waals surface area contributed by atoms with E-state index in [2.05, 4.69) is 10.3 Å². The molecule has 3 aromatic carbocycles. The third-order valence-corrected chi connectivity index (χ3v) is 8.40. The van der Waals surface area contributed by atoms with Crippen LogP contribution in [0, 0.1) is 23.4 Å². The molecule has 44 heavy (non-hydrogen) atoms. The molecule has 1 saturated heterocycles. The van der Waals surface area contributed by atoms with E-state index in [9.17, 15) is 27.6 Å². The number of hydrogen-bond acceptors (Lipinski definition) is 7. The van der Waals surface area contributed by atoms with Gasteiger partial charge in [0.25, 0.3) is 17.7 Å². The summed E-state index contributed by atoms with van der Waals surface area (Å²) in [5.41, 5.74) is 3.19. The number of imide groups is 1. The van der Waals surface area contributed by atoms with Crippen molar-refractivity contribution >= 4 is 35.2 Å². The molecule has 4 aliphatic rings. The molecular formula is C32H25F3N6O3. The molecule has 3 amide bonds. The molecule has 4 atom stereocenters. The predicted octanol–water partition coefficient (Wildman–Crippen LogP) is 5.22. The van der Waals surface area contributed by atoms with Gasteiger partial charge < -0.3 is 0 Å². The fourth-order valence-electron chi connectivity index (χ4n) is 6.40. The third-order valence-electron chi connectivity index (χ3n) is 8.40. The van der Waals surface area contributed by atoms with E-state index in [4.69, 9.17) is 5.10 Å². The molecular weight excluding hydrogens is 573 g/mol. The van der Waals surface area contributed by atoms with Crippen LogP contribution in [0.15, 0.2) is 93.8 Å². The number of hydrazone groups is 1. The first kappa shape index (κ1) is 27.7. The van der Waals surface area contributed by atoms with Crippen molar-refractivity contribution in [2.45, 2.75) is 37.4 Å². The Kier molecular flexibility index (Phi) is 6.83. The number of allylic oxidation sites excluding steroid dienone is 1. The Morgan fingerprint density at radius 3 is 2.34 bits per heavy atom. The number of rotatable bonds is 5. The van der Waals surface area contributed by atoms with Crippen LogP contribution < -0.4 is 4.90 Å². The van der Waals surface area contributed by atoms with Gasteiger partial charge in [0.2, 0.25) is 0 Å². The number of hydrogen-bond donors (Lipinski definition) is 0. The number of fused-ring (bicyclic) bond motifs is 2. The fraction of sp³-hybridized carbons (Fsp3) is 0.250. The molecule has 2 fully saturated rings. The second-order valence-electron chi connectivity index (χ2n) is 11.1. The van der Waals surface area contributed by atoms with E-state index in [-0.39, 0.29) is 17.4 Å². The average molecular weight is 599 g/mol. The fourth-order valence-corrected chi connectivity index (χ4v) is 6.40. The van der Waals surface area contributed by atoms with E-state index in [1.54, 1.807) is 24.3 Å². The number of carbonyl (C=O) groups excluding carboxylic acids is 3. The summed E-state index contributed by atoms with van der Waals surface area (Å²) in [5.74, 6) is -3.36. The summed E-state index contributed by atoms with van der Waals surface area (Å²) in [6, 6.07) is 14.2. The van der Waals surface area contributed by atoms with E-state index < -0.39 is 54.0 Å². The first-order chi connectivity index (χ1) is 21.3. The van der Waals surface area contributed by atoms with E-state index in [1.807, 2.05) is 6.08 Å². The van der Waals surface area contributed by atoms with Gasteiger partial charge in [-0.1, -0.05) is 35.6 Å². The van der Waals surface area contributed by atoms with Crippen LogP contribution in [0.2, 0.25) is 0 Å². The van der Waals surface area contributed by atoms with Crippen LogP contribution in [0.25, 0.3) is 6.08 Å². The number of halogens is 3. The van der Waals surface area contributed by atoms with Gasteiger partial charge in [-0.05, 0) is 84.5 Å². The van der Waals surface area contributed by atoms with E-state index in [0.29, 0.717) is 17.7 Å². The summed E-state index contributed by atoms with van der Waals surface area (Å²) in [7, 11) is 0. The quantitative estimate of drug-likeness (QED) is 0.376. The highest BCUT2D eigenvalue weighted by Gasteiger charge is 2.55. The molecule has 222 valence electrons. The lowest BCUT2D eigenvalue weighted by molar-refractivity contribution is -0.136. The standard InChI is InChI=1S/C32H25F3N6O3/c33-21-11-7-18(8-12-21)15-20-3-1-6-25-27(20)37-41(29(25)19-9-13-22(34)14-10-19)26(42)17-39-30-28(36-38-39)31(43)40(32(30)44)24-5-2-4-23(35)16-24/h2,4-5,7-16,25,28-30H,1,3,6,17H2/b20-15+/t25-,28+,29+,30-/m0/s1. The zero-order chi connectivity index (χ0) is 30.5. The minimum atomic E-state index is -1.16. The smallest absolute Gasteiger partial charge is 0.264 e. The predicted molar refractivity (Wildman–Crippen MR) is 153 cm³/mol. The largest absolute Gasteiger partial charge is 0.271 e. The number of nitrogens with zero attached hydrogens (tertiary/aromatic N) is 6. The molecule has 1 saturated carbocycles. The minimum Gasteiger partial charge on any atom is -0.271 e. The lowest BCUT2D eigenvalue weighted by Gasteiger charge is -2.30. The minimum absolute atomic E-state index is 0.0720. The molecule has 9 nitrogen and oxygen atoms in total. The highest BCUT2D eigenvalue weighted by atomic mass is 19.1. The molecule has 0 spiro atoms. The molecule has 0 aromatic heterocycles. The van der Waals surface area contributed by atoms with Gasteiger partial charge in [0.05, 0.1) is 17.4 Å². The van der Waals surface area contributed by atoms with E-state index in [1.165, 1.54) is 52.5 Å². The summed E-state index contributed by atoms with van der Waals surface area (Å²) >= 11 is 0. The second-order valence-corrected chi connectivity index (χ2v) is 11.1. The van der Waals surface area contributed by atoms with Crippen molar-refractivity contribution in [1.82, 2.24) is 10.0 Å². The SMILES string of the molecule is O=C1[C@@H]2[C@@H](N=NN2CC(=O)N2N=C3/C(=C/c4ccc(F)cc4)CCC[C@@H]3[C@H]2c2ccc(F)cc2)C(=O)N1c1cccc(F)c1. The summed E-state index contributed by atoms with van der Waals surface area (Å²) < 4.78 is 41.3. The maximum absolute atomic E-state index is 14.0. The van der Waals surface area contributed by atoms with Gasteiger partial charge in [-0.25, -0.2) is 23.1 Å². The lowest BCUT2D eigenvalue weighted by Crippen LogP contribution is -2.45. The van der Waals surface area contributed by atoms with Crippen molar-refractivity contribution in [2.24, 2.45) is 21.4 Å². The maximum Gasteiger partial charge on any atom is 0.264 e. The zero-order valence-electron chi connectivity index (χ0n) is 23.2. The maximum atomic E-state index is 14.0. The van der Waals surface area contributed by atoms with Gasteiger partial charge in [-0.3, -0.25) is 19.4 Å². The van der Waals surface area contributed by atoms with Crippen molar-refractivity contribution in [3.8, 4) is 0 Å². The van der Waals surface area contributed by atoms with Gasteiger partial charge in [0, 0.05) is 5.92 Å². The van der Waals surface area contributed by atoms with Crippen LogP contribution in [-0.4, -0.2) is 52.1 Å². The van der Waals surface area contributed by atoms with E-state index >= 15 is 0 Å². The first-order valence-electron chi connectivity index (χ1n) is 14.2. The summed E-state index contributed by atoms with van der Waals surface area (Å²) in [6.45, 7) is -0.404. The molecule has 12 heteroatoms. The van der Waals surface area contributed by atoms with Gasteiger partial charge in [0.15, 0.2) is 12.1 Å². The molecule has 3 heterocycles. The number of benzene rings is 3. The van der Waals surface area contributed by atoms with Crippen molar-refractivity contribution in [3.05, 3.63) is 107 Å². The van der Waals surface area contributed by atoms with Gasteiger partial charge in [-0.15, -0.1) is 0 Å². The Labute approximate surface area is 249 Å². The number of carbonyl (C=O) groups is 3. The average Bonchev–Trinajstić information content (AvgIpc) is 3.68. The summed E-state index contributed by atoms with van der Waals surface area (Å²) in [4.78, 5) is 41.3. The van der Waals surface area contributed by atoms with E-state index in [0.717, 1.165) is 34.9 Å². The lowest BCUT2D eigenvalue weighted by atomic mass is 9.77. The Hall–Kier alpha value is -5.13. The molecule has 3 aliphatic heterocycles. The topological polar surface area (TPSA) is 98.0 Å². The molecule has 3 aromatic rings. The molecule has 0 radical (unpaired) electrons. The van der Waals surface area contributed by atoms with Crippen molar-refractivity contribution in [3.63, 3.8) is 0 Å². The Balaban J connectivity index is 1.19. The highest BCUT2D eigenvalue weighted by Crippen LogP contribution is 2.45. The van der Waals surface area contributed by atoms with Gasteiger partial charge in [-0.2, -0.15) is 10.2 Å². The third kappa shape index (κ3) is 4.76. The van der Waals surface area contributed by atoms with Crippen molar-refractivity contribution < 1.29 is 27.6 Å². The Morgan fingerprint density at radius 2 is 1.61 bits per heavy atom. The van der Waals surface area contributed by atoms with Crippen LogP contribution in [0.5, 0.6) is 0 Å². The monoisotopic (exact) mass is 598 g/mol. The first-order valence-corrected chi connectivity index (χ1v) is 14.2. The highest BCUT2D eigenvalue weighted by molar-refractivity contribution is 6.25. The van der Waals surface area contributed by atoms with Crippen LogP contribution in [0.4, 0.5) is 18.9 Å². The molecule has 0 bridgehead atoms. The normalized spacial score (nSPS) is 25.1. The summed E-state index contributed by atoms with van der Waals surface area (Å²) in [6.07, 6.45) is 4.20. The molecule has 0 unspecified atom stereocenters. The van der Waals surface area contributed by atoms with Crippen LogP contribution in [0.3, 0.4) is 0 Å². The van der Waals surface area contributed by atoms with Gasteiger partial charge >= 0.3 is 0 Å². The number of amides is 3. The Morgan fingerprint density at radius 1 is 0.886 bits per heavy atom. The summed E-state index contributed by atoms with van der Waals surface area (Å²) in [5, 5.41) is 15.3. The molecule has 7 rings (SSSR count).